The van der Waals surface area contributed by atoms with E-state index in [2.05, 4.69) is 10.1 Å². The molecule has 0 radical (unpaired) electrons. The van der Waals surface area contributed by atoms with Gasteiger partial charge in [-0.25, -0.2) is 9.18 Å². The van der Waals surface area contributed by atoms with Crippen molar-refractivity contribution in [2.45, 2.75) is 13.5 Å². The maximum Gasteiger partial charge on any atom is 0.349 e. The summed E-state index contributed by atoms with van der Waals surface area (Å²) in [7, 11) is 0. The molecule has 32 heavy (non-hydrogen) atoms. The Kier molecular flexibility index (Phi) is 6.12. The van der Waals surface area contributed by atoms with Crippen molar-refractivity contribution >= 4 is 17.1 Å². The number of aromatic amines is 1. The van der Waals surface area contributed by atoms with Gasteiger partial charge in [0.05, 0.1) is 23.7 Å². The van der Waals surface area contributed by atoms with Gasteiger partial charge in [-0.15, -0.1) is 4.68 Å². The zero-order chi connectivity index (χ0) is 22.5. The van der Waals surface area contributed by atoms with Crippen LogP contribution < -0.4 is 20.7 Å². The van der Waals surface area contributed by atoms with Crippen LogP contribution in [0.15, 0.2) is 81.4 Å². The first-order valence-corrected chi connectivity index (χ1v) is 9.97. The maximum absolute atomic E-state index is 13.4. The second kappa shape index (κ2) is 9.30. The van der Waals surface area contributed by atoms with Gasteiger partial charge in [0.15, 0.2) is 11.5 Å². The first-order valence-electron chi connectivity index (χ1n) is 9.97. The highest BCUT2D eigenvalue weighted by atomic mass is 19.1. The van der Waals surface area contributed by atoms with E-state index in [9.17, 15) is 14.0 Å². The van der Waals surface area contributed by atoms with Crippen molar-refractivity contribution in [1.29, 1.82) is 0 Å². The highest BCUT2D eigenvalue weighted by molar-refractivity contribution is 5.81. The third kappa shape index (κ3) is 4.59. The third-order valence-corrected chi connectivity index (χ3v) is 4.66. The molecule has 0 saturated heterocycles. The van der Waals surface area contributed by atoms with E-state index in [-0.39, 0.29) is 12.4 Å². The lowest BCUT2D eigenvalue weighted by atomic mass is 10.2. The number of rotatable bonds is 7. The summed E-state index contributed by atoms with van der Waals surface area (Å²) >= 11 is 0. The van der Waals surface area contributed by atoms with Gasteiger partial charge in [0, 0.05) is 0 Å². The number of aromatic nitrogens is 2. The van der Waals surface area contributed by atoms with Crippen LogP contribution in [-0.2, 0) is 6.61 Å². The molecule has 4 rings (SSSR count). The molecule has 0 atom stereocenters. The minimum atomic E-state index is -0.634. The highest BCUT2D eigenvalue weighted by Gasteiger charge is 2.08. The Morgan fingerprint density at radius 1 is 1.00 bits per heavy atom. The standard InChI is InChI=1S/C24H20FN3O4/c1-2-31-22-13-16(10-11-21(22)32-15-17-6-5-7-18(25)12-17)14-26-28-23(29)19-8-3-4-9-20(19)27-24(28)30/h3-14H,2,15H2,1H3,(H,27,30). The molecular weight excluding hydrogens is 413 g/mol. The zero-order valence-corrected chi connectivity index (χ0v) is 17.2. The number of benzene rings is 3. The molecule has 1 N–H and O–H groups in total. The Bertz CT molecular complexity index is 1410. The van der Waals surface area contributed by atoms with Crippen molar-refractivity contribution in [3.63, 3.8) is 0 Å². The Hall–Kier alpha value is -4.20. The van der Waals surface area contributed by atoms with Crippen molar-refractivity contribution in [3.05, 3.63) is 105 Å². The zero-order valence-electron chi connectivity index (χ0n) is 17.2. The van der Waals surface area contributed by atoms with Crippen LogP contribution in [0.1, 0.15) is 18.1 Å². The number of halogens is 1. The van der Waals surface area contributed by atoms with Crippen LogP contribution in [0.25, 0.3) is 10.9 Å². The molecule has 3 aromatic carbocycles. The predicted octanol–water partition coefficient (Wildman–Crippen LogP) is 3.69. The van der Waals surface area contributed by atoms with Crippen LogP contribution in [0.4, 0.5) is 4.39 Å². The molecule has 0 aliphatic heterocycles. The van der Waals surface area contributed by atoms with E-state index < -0.39 is 11.2 Å². The van der Waals surface area contributed by atoms with Gasteiger partial charge in [-0.05, 0) is 60.5 Å². The Morgan fingerprint density at radius 3 is 2.66 bits per heavy atom. The second-order valence-corrected chi connectivity index (χ2v) is 6.90. The minimum Gasteiger partial charge on any atom is -0.490 e. The van der Waals surface area contributed by atoms with Crippen molar-refractivity contribution in [3.8, 4) is 11.5 Å². The first kappa shape index (κ1) is 21.0. The molecular formula is C24H20FN3O4. The van der Waals surface area contributed by atoms with Crippen LogP contribution in [-0.4, -0.2) is 22.5 Å². The number of nitrogens with zero attached hydrogens (tertiary/aromatic N) is 2. The van der Waals surface area contributed by atoms with Crippen molar-refractivity contribution in [2.75, 3.05) is 6.61 Å². The highest BCUT2D eigenvalue weighted by Crippen LogP contribution is 2.29. The van der Waals surface area contributed by atoms with Crippen LogP contribution in [0.5, 0.6) is 11.5 Å². The smallest absolute Gasteiger partial charge is 0.349 e. The van der Waals surface area contributed by atoms with E-state index in [0.29, 0.717) is 40.1 Å². The topological polar surface area (TPSA) is 85.7 Å². The molecule has 0 fully saturated rings. The minimum absolute atomic E-state index is 0.174. The Morgan fingerprint density at radius 2 is 1.84 bits per heavy atom. The average Bonchev–Trinajstić information content (AvgIpc) is 2.78. The summed E-state index contributed by atoms with van der Waals surface area (Å²) in [6.45, 7) is 2.42. The quantitative estimate of drug-likeness (QED) is 0.451. The van der Waals surface area contributed by atoms with E-state index >= 15 is 0 Å². The SMILES string of the molecule is CCOc1cc(C=Nn2c(=O)[nH]c3ccccc3c2=O)ccc1OCc1cccc(F)c1. The molecule has 0 bridgehead atoms. The van der Waals surface area contributed by atoms with Gasteiger partial charge in [0.2, 0.25) is 0 Å². The van der Waals surface area contributed by atoms with E-state index in [1.807, 2.05) is 6.92 Å². The fourth-order valence-corrected chi connectivity index (χ4v) is 3.16. The molecule has 7 nitrogen and oxygen atoms in total. The molecule has 1 heterocycles. The summed E-state index contributed by atoms with van der Waals surface area (Å²) in [6, 6.07) is 18.0. The van der Waals surface area contributed by atoms with Gasteiger partial charge in [0.1, 0.15) is 12.4 Å². The molecule has 1 aromatic heterocycles. The van der Waals surface area contributed by atoms with Crippen LogP contribution in [0, 0.1) is 5.82 Å². The van der Waals surface area contributed by atoms with Gasteiger partial charge < -0.3 is 14.5 Å². The average molecular weight is 433 g/mol. The molecule has 8 heteroatoms. The largest absolute Gasteiger partial charge is 0.490 e. The molecule has 0 amide bonds. The number of nitrogens with one attached hydrogen (secondary N) is 1. The number of ether oxygens (including phenoxy) is 2. The van der Waals surface area contributed by atoms with E-state index in [0.717, 1.165) is 4.68 Å². The Labute approximate surface area is 182 Å². The first-order chi connectivity index (χ1) is 15.5. The fraction of sp³-hybridized carbons (Fsp3) is 0.125. The number of fused-ring (bicyclic) bond motifs is 1. The number of hydrogen-bond acceptors (Lipinski definition) is 5. The third-order valence-electron chi connectivity index (χ3n) is 4.66. The van der Waals surface area contributed by atoms with Gasteiger partial charge >= 0.3 is 5.69 Å². The molecule has 4 aromatic rings. The van der Waals surface area contributed by atoms with Crippen LogP contribution >= 0.6 is 0 Å². The van der Waals surface area contributed by atoms with Gasteiger partial charge in [-0.1, -0.05) is 24.3 Å². The number of hydrogen-bond donors (Lipinski definition) is 1. The molecule has 0 saturated carbocycles. The number of H-pyrrole nitrogens is 1. The number of para-hydroxylation sites is 1. The van der Waals surface area contributed by atoms with E-state index in [1.165, 1.54) is 18.3 Å². The predicted molar refractivity (Wildman–Crippen MR) is 120 cm³/mol. The van der Waals surface area contributed by atoms with E-state index in [1.54, 1.807) is 54.6 Å². The lowest BCUT2D eigenvalue weighted by molar-refractivity contribution is 0.269. The lowest BCUT2D eigenvalue weighted by Crippen LogP contribution is -2.32. The normalized spacial score (nSPS) is 11.2. The summed E-state index contributed by atoms with van der Waals surface area (Å²) in [4.78, 5) is 27.5. The summed E-state index contributed by atoms with van der Waals surface area (Å²) in [5.74, 6) is 0.614. The second-order valence-electron chi connectivity index (χ2n) is 6.90. The fourth-order valence-electron chi connectivity index (χ4n) is 3.16. The molecule has 0 aliphatic rings. The van der Waals surface area contributed by atoms with Crippen molar-refractivity contribution in [1.82, 2.24) is 9.66 Å². The summed E-state index contributed by atoms with van der Waals surface area (Å²) < 4.78 is 25.6. The lowest BCUT2D eigenvalue weighted by Gasteiger charge is -2.12. The molecule has 0 spiro atoms. The summed E-state index contributed by atoms with van der Waals surface area (Å²) in [5.41, 5.74) is 0.595. The Balaban J connectivity index is 1.60. The molecule has 0 aliphatic carbocycles. The van der Waals surface area contributed by atoms with E-state index in [4.69, 9.17) is 9.47 Å². The van der Waals surface area contributed by atoms with Crippen molar-refractivity contribution in [2.24, 2.45) is 5.10 Å². The van der Waals surface area contributed by atoms with Gasteiger partial charge in [0.25, 0.3) is 5.56 Å². The van der Waals surface area contributed by atoms with Crippen molar-refractivity contribution < 1.29 is 13.9 Å². The molecule has 162 valence electrons. The van der Waals surface area contributed by atoms with Crippen LogP contribution in [0.2, 0.25) is 0 Å². The summed E-state index contributed by atoms with van der Waals surface area (Å²) in [5, 5.41) is 4.42. The summed E-state index contributed by atoms with van der Waals surface area (Å²) in [6.07, 6.45) is 1.39. The van der Waals surface area contributed by atoms with Gasteiger partial charge in [-0.2, -0.15) is 5.10 Å². The maximum atomic E-state index is 13.4. The molecule has 0 unspecified atom stereocenters. The monoisotopic (exact) mass is 433 g/mol. The van der Waals surface area contributed by atoms with Gasteiger partial charge in [-0.3, -0.25) is 4.79 Å². The van der Waals surface area contributed by atoms with Crippen LogP contribution in [0.3, 0.4) is 0 Å².